The monoisotopic (exact) mass is 358 g/mol. The molecule has 6 nitrogen and oxygen atoms in total. The maximum atomic E-state index is 13.6. The molecular formula is C19H23FN4O2. The molecule has 2 N–H and O–H groups in total. The van der Waals surface area contributed by atoms with Crippen molar-refractivity contribution < 1.29 is 14.0 Å². The normalized spacial score (nSPS) is 13.2. The summed E-state index contributed by atoms with van der Waals surface area (Å²) in [6.45, 7) is 0.612. The number of carbonyl (C=O) groups excluding carboxylic acids is 2. The first-order valence-electron chi connectivity index (χ1n) is 8.88. The summed E-state index contributed by atoms with van der Waals surface area (Å²) in [7, 11) is 1.73. The molecule has 1 heterocycles. The molecule has 7 heteroatoms. The van der Waals surface area contributed by atoms with E-state index in [0.717, 1.165) is 25.0 Å². The first-order valence-corrected chi connectivity index (χ1v) is 8.88. The maximum Gasteiger partial charge on any atom is 0.254 e. The topological polar surface area (TPSA) is 78.1 Å². The van der Waals surface area contributed by atoms with Crippen molar-refractivity contribution in [2.24, 2.45) is 0 Å². The quantitative estimate of drug-likeness (QED) is 0.831. The minimum atomic E-state index is -0.572. The fourth-order valence-electron chi connectivity index (χ4n) is 3.21. The Balaban J connectivity index is 1.48. The van der Waals surface area contributed by atoms with Gasteiger partial charge in [-0.1, -0.05) is 12.1 Å². The average Bonchev–Trinajstić information content (AvgIpc) is 3.05. The van der Waals surface area contributed by atoms with Gasteiger partial charge in [0.15, 0.2) is 0 Å². The zero-order valence-electron chi connectivity index (χ0n) is 14.8. The van der Waals surface area contributed by atoms with Crippen LogP contribution >= 0.6 is 0 Å². The van der Waals surface area contributed by atoms with Gasteiger partial charge in [0, 0.05) is 25.7 Å². The minimum absolute atomic E-state index is 0.0172. The number of H-pyrrole nitrogens is 1. The summed E-state index contributed by atoms with van der Waals surface area (Å²) in [5, 5.41) is 10.0. The van der Waals surface area contributed by atoms with Crippen LogP contribution in [-0.4, -0.2) is 40.5 Å². The Labute approximate surface area is 151 Å². The van der Waals surface area contributed by atoms with Crippen molar-refractivity contribution in [2.45, 2.75) is 38.6 Å². The van der Waals surface area contributed by atoms with Crippen LogP contribution in [0.3, 0.4) is 0 Å². The summed E-state index contributed by atoms with van der Waals surface area (Å²) in [5.41, 5.74) is 3.33. The van der Waals surface area contributed by atoms with Crippen LogP contribution < -0.4 is 5.32 Å². The highest BCUT2D eigenvalue weighted by molar-refractivity contribution is 5.94. The number of aromatic nitrogens is 2. The second-order valence-corrected chi connectivity index (χ2v) is 6.57. The van der Waals surface area contributed by atoms with Gasteiger partial charge in [0.25, 0.3) is 5.91 Å². The number of benzene rings is 1. The van der Waals surface area contributed by atoms with E-state index in [1.165, 1.54) is 35.9 Å². The second-order valence-electron chi connectivity index (χ2n) is 6.57. The lowest BCUT2D eigenvalue weighted by Gasteiger charge is -2.18. The summed E-state index contributed by atoms with van der Waals surface area (Å²) in [6.07, 6.45) is 4.50. The number of aryl methyl sites for hydroxylation is 1. The molecule has 0 atom stereocenters. The number of rotatable bonds is 6. The molecule has 2 amide bonds. The van der Waals surface area contributed by atoms with Crippen molar-refractivity contribution >= 4 is 11.8 Å². The van der Waals surface area contributed by atoms with Crippen molar-refractivity contribution in [3.8, 4) is 0 Å². The number of amides is 2. The second kappa shape index (κ2) is 8.12. The van der Waals surface area contributed by atoms with Gasteiger partial charge in [-0.05, 0) is 43.4 Å². The highest BCUT2D eigenvalue weighted by Gasteiger charge is 2.19. The van der Waals surface area contributed by atoms with Gasteiger partial charge in [-0.3, -0.25) is 14.7 Å². The number of nitrogens with zero attached hydrogens (tertiary/aromatic N) is 2. The lowest BCUT2D eigenvalue weighted by molar-refractivity contribution is -0.130. The van der Waals surface area contributed by atoms with Crippen LogP contribution in [0.15, 0.2) is 24.3 Å². The molecule has 1 aliphatic rings. The van der Waals surface area contributed by atoms with Gasteiger partial charge < -0.3 is 10.2 Å². The average molecular weight is 358 g/mol. The smallest absolute Gasteiger partial charge is 0.254 e. The summed E-state index contributed by atoms with van der Waals surface area (Å²) < 4.78 is 13.6. The van der Waals surface area contributed by atoms with E-state index in [0.29, 0.717) is 6.54 Å². The van der Waals surface area contributed by atoms with Crippen LogP contribution in [0.5, 0.6) is 0 Å². The first-order chi connectivity index (χ1) is 12.6. The molecular weight excluding hydrogens is 335 g/mol. The summed E-state index contributed by atoms with van der Waals surface area (Å²) in [6, 6.07) is 5.78. The summed E-state index contributed by atoms with van der Waals surface area (Å²) in [4.78, 5) is 25.8. The largest absolute Gasteiger partial charge is 0.351 e. The zero-order valence-corrected chi connectivity index (χ0v) is 14.8. The molecule has 2 aromatic rings. The van der Waals surface area contributed by atoms with Gasteiger partial charge in [-0.15, -0.1) is 0 Å². The predicted octanol–water partition coefficient (Wildman–Crippen LogP) is 2.21. The third kappa shape index (κ3) is 4.09. The van der Waals surface area contributed by atoms with Crippen LogP contribution in [0.25, 0.3) is 0 Å². The van der Waals surface area contributed by atoms with Crippen molar-refractivity contribution in [1.82, 2.24) is 20.4 Å². The van der Waals surface area contributed by atoms with Gasteiger partial charge in [-0.25, -0.2) is 4.39 Å². The Morgan fingerprint density at radius 3 is 2.85 bits per heavy atom. The number of hydrogen-bond acceptors (Lipinski definition) is 3. The molecule has 0 radical (unpaired) electrons. The summed E-state index contributed by atoms with van der Waals surface area (Å²) in [5.74, 6) is -1.18. The van der Waals surface area contributed by atoms with Gasteiger partial charge in [0.2, 0.25) is 5.91 Å². The van der Waals surface area contributed by atoms with Gasteiger partial charge >= 0.3 is 0 Å². The van der Waals surface area contributed by atoms with Crippen LogP contribution in [0.4, 0.5) is 4.39 Å². The maximum absolute atomic E-state index is 13.6. The van der Waals surface area contributed by atoms with Crippen molar-refractivity contribution in [3.05, 3.63) is 52.6 Å². The molecule has 0 fully saturated rings. The van der Waals surface area contributed by atoms with Gasteiger partial charge in [0.1, 0.15) is 5.82 Å². The van der Waals surface area contributed by atoms with E-state index in [-0.39, 0.29) is 24.4 Å². The molecule has 3 rings (SSSR count). The Morgan fingerprint density at radius 2 is 2.04 bits per heavy atom. The van der Waals surface area contributed by atoms with Gasteiger partial charge in [-0.2, -0.15) is 5.10 Å². The van der Waals surface area contributed by atoms with E-state index < -0.39 is 11.7 Å². The van der Waals surface area contributed by atoms with E-state index in [2.05, 4.69) is 15.5 Å². The van der Waals surface area contributed by atoms with Crippen LogP contribution in [0, 0.1) is 5.82 Å². The fraction of sp³-hybridized carbons (Fsp3) is 0.421. The highest BCUT2D eigenvalue weighted by atomic mass is 19.1. The molecule has 1 aromatic heterocycles. The third-order valence-corrected chi connectivity index (χ3v) is 4.70. The molecule has 0 unspecified atom stereocenters. The number of carbonyl (C=O) groups is 2. The molecule has 1 aliphatic carbocycles. The van der Waals surface area contributed by atoms with Gasteiger partial charge in [0.05, 0.1) is 17.8 Å². The summed E-state index contributed by atoms with van der Waals surface area (Å²) >= 11 is 0. The third-order valence-electron chi connectivity index (χ3n) is 4.70. The van der Waals surface area contributed by atoms with Crippen LogP contribution in [0.1, 0.15) is 46.6 Å². The Morgan fingerprint density at radius 1 is 1.27 bits per heavy atom. The number of halogens is 1. The number of hydrogen-bond donors (Lipinski definition) is 2. The Hall–Kier alpha value is -2.70. The van der Waals surface area contributed by atoms with E-state index in [1.54, 1.807) is 18.0 Å². The van der Waals surface area contributed by atoms with Crippen molar-refractivity contribution in [2.75, 3.05) is 13.6 Å². The molecule has 26 heavy (non-hydrogen) atoms. The van der Waals surface area contributed by atoms with E-state index in [4.69, 9.17) is 0 Å². The van der Waals surface area contributed by atoms with E-state index in [1.807, 2.05) is 0 Å². The van der Waals surface area contributed by atoms with E-state index >= 15 is 0 Å². The Bertz CT molecular complexity index is 803. The van der Waals surface area contributed by atoms with Crippen molar-refractivity contribution in [1.29, 1.82) is 0 Å². The first kappa shape index (κ1) is 18.1. The zero-order chi connectivity index (χ0) is 18.5. The fourth-order valence-corrected chi connectivity index (χ4v) is 3.21. The molecule has 1 aromatic carbocycles. The van der Waals surface area contributed by atoms with Crippen molar-refractivity contribution in [3.63, 3.8) is 0 Å². The molecule has 0 aliphatic heterocycles. The highest BCUT2D eigenvalue weighted by Crippen LogP contribution is 2.22. The lowest BCUT2D eigenvalue weighted by Crippen LogP contribution is -2.32. The number of fused-ring (bicyclic) bond motifs is 1. The predicted molar refractivity (Wildman–Crippen MR) is 95.1 cm³/mol. The Kier molecular flexibility index (Phi) is 5.65. The standard InChI is InChI=1S/C19H23FN4O2/c1-24(12-17-14-7-3-5-9-16(14)22-23-17)18(25)10-11-21-19(26)13-6-2-4-8-15(13)20/h2,4,6,8H,3,5,7,9-12H2,1H3,(H,21,26)(H,22,23). The molecule has 0 saturated heterocycles. The van der Waals surface area contributed by atoms with E-state index in [9.17, 15) is 14.0 Å². The minimum Gasteiger partial charge on any atom is -0.351 e. The molecule has 0 spiro atoms. The SMILES string of the molecule is CN(Cc1n[nH]c2c1CCCC2)C(=O)CCNC(=O)c1ccccc1F. The van der Waals surface area contributed by atoms with Crippen LogP contribution in [-0.2, 0) is 24.2 Å². The van der Waals surface area contributed by atoms with Crippen LogP contribution in [0.2, 0.25) is 0 Å². The molecule has 138 valence electrons. The number of nitrogens with one attached hydrogen (secondary N) is 2. The molecule has 0 saturated carbocycles. The number of aromatic amines is 1. The lowest BCUT2D eigenvalue weighted by atomic mass is 9.96. The molecule has 0 bridgehead atoms.